The Labute approximate surface area is 145 Å². The fraction of sp³-hybridized carbons (Fsp3) is 0.941. The Hall–Kier alpha value is -0.460. The Bertz CT molecular complexity index is 413. The molecular formula is C17H26F4O2S. The normalized spacial score (nSPS) is 23.0. The van der Waals surface area contributed by atoms with E-state index in [9.17, 15) is 22.4 Å². The minimum Gasteiger partial charge on any atom is -0.455 e. The van der Waals surface area contributed by atoms with Crippen LogP contribution in [-0.4, -0.2) is 35.4 Å². The van der Waals surface area contributed by atoms with Crippen LogP contribution in [0.15, 0.2) is 0 Å². The van der Waals surface area contributed by atoms with E-state index < -0.39 is 29.8 Å². The average Bonchev–Trinajstić information content (AvgIpc) is 2.55. The molecule has 2 fully saturated rings. The van der Waals surface area contributed by atoms with Gasteiger partial charge in [-0.1, -0.05) is 19.3 Å². The van der Waals surface area contributed by atoms with E-state index in [0.717, 1.165) is 30.8 Å². The van der Waals surface area contributed by atoms with E-state index in [2.05, 4.69) is 0 Å². The van der Waals surface area contributed by atoms with Gasteiger partial charge in [-0.05, 0) is 49.5 Å². The lowest BCUT2D eigenvalue weighted by atomic mass is 9.88. The van der Waals surface area contributed by atoms with Crippen molar-refractivity contribution in [1.29, 1.82) is 0 Å². The predicted molar refractivity (Wildman–Crippen MR) is 86.7 cm³/mol. The number of halogens is 4. The Morgan fingerprint density at radius 3 is 2.21 bits per heavy atom. The van der Waals surface area contributed by atoms with Gasteiger partial charge >= 0.3 is 17.8 Å². The molecule has 1 aliphatic carbocycles. The molecule has 1 heterocycles. The third-order valence-electron chi connectivity index (χ3n) is 5.07. The number of carbonyl (C=O) groups is 1. The first-order valence-electron chi connectivity index (χ1n) is 8.75. The molecule has 0 aromatic heterocycles. The highest BCUT2D eigenvalue weighted by molar-refractivity contribution is 7.99. The van der Waals surface area contributed by atoms with Gasteiger partial charge in [0.25, 0.3) is 0 Å². The maximum Gasteiger partial charge on any atom is 0.345 e. The molecule has 1 saturated carbocycles. The molecule has 0 N–H and O–H groups in total. The molecular weight excluding hydrogens is 344 g/mol. The summed E-state index contributed by atoms with van der Waals surface area (Å²) in [6.45, 7) is 0.200. The number of alkyl halides is 4. The Morgan fingerprint density at radius 2 is 1.67 bits per heavy atom. The van der Waals surface area contributed by atoms with E-state index in [0.29, 0.717) is 25.7 Å². The molecule has 1 atom stereocenters. The van der Waals surface area contributed by atoms with Gasteiger partial charge in [-0.3, -0.25) is 4.79 Å². The summed E-state index contributed by atoms with van der Waals surface area (Å²) in [6.07, 6.45) is 3.08. The van der Waals surface area contributed by atoms with Crippen molar-refractivity contribution in [3.8, 4) is 0 Å². The molecule has 2 aliphatic rings. The topological polar surface area (TPSA) is 26.3 Å². The van der Waals surface area contributed by atoms with Crippen LogP contribution in [0.25, 0.3) is 0 Å². The Balaban J connectivity index is 2.07. The first-order valence-corrected chi connectivity index (χ1v) is 9.91. The zero-order valence-corrected chi connectivity index (χ0v) is 14.9. The fourth-order valence-corrected chi connectivity index (χ4v) is 4.62. The quantitative estimate of drug-likeness (QED) is 0.469. The standard InChI is InChI=1S/C17H26F4O2S/c1-16(18,19)17(20,21)14(11-12-7-9-24-10-8-12)23-15(22)13-5-3-2-4-6-13/h12-14H,2-11H2,1H3. The van der Waals surface area contributed by atoms with Gasteiger partial charge in [0.15, 0.2) is 6.10 Å². The third-order valence-corrected chi connectivity index (χ3v) is 6.12. The minimum absolute atomic E-state index is 0.0939. The smallest absolute Gasteiger partial charge is 0.345 e. The molecule has 0 aromatic rings. The van der Waals surface area contributed by atoms with Crippen LogP contribution in [0.4, 0.5) is 17.6 Å². The maximum atomic E-state index is 14.2. The van der Waals surface area contributed by atoms with Gasteiger partial charge in [0, 0.05) is 6.92 Å². The summed E-state index contributed by atoms with van der Waals surface area (Å²) in [5.41, 5.74) is 0. The third kappa shape index (κ3) is 5.02. The van der Waals surface area contributed by atoms with E-state index in [1.165, 1.54) is 0 Å². The summed E-state index contributed by atoms with van der Waals surface area (Å²) in [4.78, 5) is 12.2. The van der Waals surface area contributed by atoms with E-state index in [1.54, 1.807) is 11.8 Å². The van der Waals surface area contributed by atoms with Gasteiger partial charge in [-0.15, -0.1) is 0 Å². The van der Waals surface area contributed by atoms with Gasteiger partial charge in [0.05, 0.1) is 5.92 Å². The van der Waals surface area contributed by atoms with Crippen LogP contribution in [0, 0.1) is 11.8 Å². The van der Waals surface area contributed by atoms with E-state index in [-0.39, 0.29) is 19.3 Å². The molecule has 7 heteroatoms. The van der Waals surface area contributed by atoms with Gasteiger partial charge in [0.2, 0.25) is 0 Å². The van der Waals surface area contributed by atoms with Gasteiger partial charge in [0.1, 0.15) is 0 Å². The zero-order chi connectivity index (χ0) is 17.8. The van der Waals surface area contributed by atoms with Crippen molar-refractivity contribution in [3.05, 3.63) is 0 Å². The molecule has 24 heavy (non-hydrogen) atoms. The number of ether oxygens (including phenoxy) is 1. The lowest BCUT2D eigenvalue weighted by Gasteiger charge is -2.35. The Morgan fingerprint density at radius 1 is 1.08 bits per heavy atom. The lowest BCUT2D eigenvalue weighted by Crippen LogP contribution is -2.51. The number of carbonyl (C=O) groups excluding carboxylic acids is 1. The molecule has 2 nitrogen and oxygen atoms in total. The van der Waals surface area contributed by atoms with Crippen molar-refractivity contribution in [1.82, 2.24) is 0 Å². The maximum absolute atomic E-state index is 14.2. The highest BCUT2D eigenvalue weighted by Gasteiger charge is 2.60. The molecule has 0 aromatic carbocycles. The molecule has 0 bridgehead atoms. The van der Waals surface area contributed by atoms with E-state index in [1.807, 2.05) is 0 Å². The highest BCUT2D eigenvalue weighted by Crippen LogP contribution is 2.42. The number of esters is 1. The van der Waals surface area contributed by atoms with Crippen molar-refractivity contribution < 1.29 is 27.1 Å². The second-order valence-electron chi connectivity index (χ2n) is 7.06. The first-order chi connectivity index (χ1) is 11.2. The molecule has 2 rings (SSSR count). The SMILES string of the molecule is CC(F)(F)C(F)(F)C(CC1CCSCC1)OC(=O)C1CCCCC1. The average molecular weight is 370 g/mol. The summed E-state index contributed by atoms with van der Waals surface area (Å²) in [5, 5.41) is 0. The Kier molecular flexibility index (Phi) is 6.85. The van der Waals surface area contributed by atoms with Crippen LogP contribution in [0.5, 0.6) is 0 Å². The van der Waals surface area contributed by atoms with Gasteiger partial charge < -0.3 is 4.74 Å². The largest absolute Gasteiger partial charge is 0.455 e. The van der Waals surface area contributed by atoms with E-state index in [4.69, 9.17) is 4.74 Å². The summed E-state index contributed by atoms with van der Waals surface area (Å²) < 4.78 is 60.4. The number of hydrogen-bond donors (Lipinski definition) is 0. The summed E-state index contributed by atoms with van der Waals surface area (Å²) in [5.74, 6) is -8.14. The van der Waals surface area contributed by atoms with Crippen molar-refractivity contribution in [2.24, 2.45) is 11.8 Å². The second kappa shape index (κ2) is 8.28. The predicted octanol–water partition coefficient (Wildman–Crippen LogP) is 5.30. The molecule has 1 saturated heterocycles. The van der Waals surface area contributed by atoms with Crippen molar-refractivity contribution in [3.63, 3.8) is 0 Å². The van der Waals surface area contributed by atoms with Crippen molar-refractivity contribution in [2.45, 2.75) is 76.2 Å². The van der Waals surface area contributed by atoms with Crippen LogP contribution in [0.1, 0.15) is 58.3 Å². The number of thioether (sulfide) groups is 1. The van der Waals surface area contributed by atoms with Crippen LogP contribution >= 0.6 is 11.8 Å². The molecule has 1 aliphatic heterocycles. The minimum atomic E-state index is -4.35. The van der Waals surface area contributed by atoms with Crippen LogP contribution < -0.4 is 0 Å². The molecule has 0 amide bonds. The molecule has 0 spiro atoms. The highest BCUT2D eigenvalue weighted by atomic mass is 32.2. The van der Waals surface area contributed by atoms with Crippen LogP contribution in [-0.2, 0) is 9.53 Å². The lowest BCUT2D eigenvalue weighted by molar-refractivity contribution is -0.255. The van der Waals surface area contributed by atoms with Crippen LogP contribution in [0.2, 0.25) is 0 Å². The van der Waals surface area contributed by atoms with Gasteiger partial charge in [-0.25, -0.2) is 8.78 Å². The molecule has 0 radical (unpaired) electrons. The van der Waals surface area contributed by atoms with Crippen molar-refractivity contribution >= 4 is 17.7 Å². The number of hydrogen-bond acceptors (Lipinski definition) is 3. The summed E-state index contributed by atoms with van der Waals surface area (Å²) >= 11 is 1.73. The summed E-state index contributed by atoms with van der Waals surface area (Å²) in [7, 11) is 0. The fourth-order valence-electron chi connectivity index (χ4n) is 3.41. The van der Waals surface area contributed by atoms with Gasteiger partial charge in [-0.2, -0.15) is 20.5 Å². The second-order valence-corrected chi connectivity index (χ2v) is 8.29. The molecule has 140 valence electrons. The first kappa shape index (κ1) is 19.9. The van der Waals surface area contributed by atoms with E-state index >= 15 is 0 Å². The van der Waals surface area contributed by atoms with Crippen molar-refractivity contribution in [2.75, 3.05) is 11.5 Å². The monoisotopic (exact) mass is 370 g/mol. The van der Waals surface area contributed by atoms with Crippen LogP contribution in [0.3, 0.4) is 0 Å². The zero-order valence-electron chi connectivity index (χ0n) is 14.0. The summed E-state index contributed by atoms with van der Waals surface area (Å²) in [6, 6.07) is 0. The molecule has 1 unspecified atom stereocenters. The number of rotatable bonds is 6.